The van der Waals surface area contributed by atoms with Gasteiger partial charge < -0.3 is 18.9 Å². The molecule has 0 radical (unpaired) electrons. The van der Waals surface area contributed by atoms with Crippen molar-refractivity contribution in [3.8, 4) is 0 Å². The molecule has 0 saturated carbocycles. The van der Waals surface area contributed by atoms with E-state index in [0.717, 1.165) is 72.1 Å². The van der Waals surface area contributed by atoms with Gasteiger partial charge in [-0.15, -0.1) is 0 Å². The standard InChI is InChI=1S/C15H28O4/c1-3-14(10-18-11-14)8-16-6-5-7-17-9-15(4-2)12-19-13-15/h3-13H2,1-2H3. The molecule has 0 amide bonds. The first-order chi connectivity index (χ1) is 9.24. The number of ether oxygens (including phenoxy) is 4. The van der Waals surface area contributed by atoms with Gasteiger partial charge in [0.1, 0.15) is 0 Å². The molecule has 2 aliphatic rings. The average molecular weight is 272 g/mol. The molecule has 4 heteroatoms. The van der Waals surface area contributed by atoms with Gasteiger partial charge in [-0.1, -0.05) is 13.8 Å². The Morgan fingerprint density at radius 1 is 0.789 bits per heavy atom. The lowest BCUT2D eigenvalue weighted by atomic mass is 9.84. The summed E-state index contributed by atoms with van der Waals surface area (Å²) < 4.78 is 22.0. The van der Waals surface area contributed by atoms with Crippen molar-refractivity contribution < 1.29 is 18.9 Å². The van der Waals surface area contributed by atoms with E-state index in [2.05, 4.69) is 13.8 Å². The fraction of sp³-hybridized carbons (Fsp3) is 1.00. The Kier molecular flexibility index (Phi) is 5.63. The van der Waals surface area contributed by atoms with E-state index in [4.69, 9.17) is 18.9 Å². The molecule has 2 fully saturated rings. The second kappa shape index (κ2) is 7.02. The van der Waals surface area contributed by atoms with Gasteiger partial charge in [-0.25, -0.2) is 0 Å². The third kappa shape index (κ3) is 3.91. The highest BCUT2D eigenvalue weighted by atomic mass is 16.5. The molecule has 0 spiro atoms. The van der Waals surface area contributed by atoms with Gasteiger partial charge in [0.2, 0.25) is 0 Å². The monoisotopic (exact) mass is 272 g/mol. The normalized spacial score (nSPS) is 23.7. The Hall–Kier alpha value is -0.160. The highest BCUT2D eigenvalue weighted by Gasteiger charge is 2.37. The van der Waals surface area contributed by atoms with Crippen LogP contribution >= 0.6 is 0 Å². The van der Waals surface area contributed by atoms with E-state index in [9.17, 15) is 0 Å². The number of rotatable bonds is 10. The van der Waals surface area contributed by atoms with Crippen molar-refractivity contribution in [2.75, 3.05) is 52.9 Å². The Balaban J connectivity index is 1.44. The maximum atomic E-state index is 5.75. The molecule has 0 aromatic carbocycles. The van der Waals surface area contributed by atoms with E-state index in [1.165, 1.54) is 0 Å². The Labute approximate surface area is 116 Å². The largest absolute Gasteiger partial charge is 0.381 e. The summed E-state index contributed by atoms with van der Waals surface area (Å²) in [6, 6.07) is 0. The summed E-state index contributed by atoms with van der Waals surface area (Å²) in [5, 5.41) is 0. The van der Waals surface area contributed by atoms with Gasteiger partial charge in [0, 0.05) is 24.0 Å². The van der Waals surface area contributed by atoms with E-state index < -0.39 is 0 Å². The highest BCUT2D eigenvalue weighted by molar-refractivity contribution is 4.84. The first-order valence-corrected chi connectivity index (χ1v) is 7.55. The fourth-order valence-corrected chi connectivity index (χ4v) is 2.40. The lowest BCUT2D eigenvalue weighted by molar-refractivity contribution is -0.156. The van der Waals surface area contributed by atoms with Crippen molar-refractivity contribution in [2.24, 2.45) is 10.8 Å². The zero-order valence-corrected chi connectivity index (χ0v) is 12.4. The molecule has 2 saturated heterocycles. The fourth-order valence-electron chi connectivity index (χ4n) is 2.40. The van der Waals surface area contributed by atoms with Crippen LogP contribution in [-0.4, -0.2) is 52.9 Å². The van der Waals surface area contributed by atoms with Crippen LogP contribution in [0.5, 0.6) is 0 Å². The molecule has 2 rings (SSSR count). The van der Waals surface area contributed by atoms with Crippen LogP contribution in [-0.2, 0) is 18.9 Å². The van der Waals surface area contributed by atoms with Gasteiger partial charge in [0.25, 0.3) is 0 Å². The number of hydrogen-bond acceptors (Lipinski definition) is 4. The lowest BCUT2D eigenvalue weighted by Gasteiger charge is -2.40. The van der Waals surface area contributed by atoms with Crippen LogP contribution in [0, 0.1) is 10.8 Å². The molecule has 0 N–H and O–H groups in total. The van der Waals surface area contributed by atoms with E-state index in [1.54, 1.807) is 0 Å². The summed E-state index contributed by atoms with van der Waals surface area (Å²) in [6.45, 7) is 11.1. The SMILES string of the molecule is CCC1(COCCCOCC2(CC)COC2)COC1. The van der Waals surface area contributed by atoms with Crippen LogP contribution in [0.25, 0.3) is 0 Å². The van der Waals surface area contributed by atoms with Crippen LogP contribution in [0.15, 0.2) is 0 Å². The van der Waals surface area contributed by atoms with Gasteiger partial charge in [-0.2, -0.15) is 0 Å². The third-order valence-electron chi connectivity index (χ3n) is 4.53. The summed E-state index contributed by atoms with van der Waals surface area (Å²) >= 11 is 0. The average Bonchev–Trinajstić information content (AvgIpc) is 2.34. The predicted octanol–water partition coefficient (Wildman–Crippen LogP) is 2.26. The Morgan fingerprint density at radius 3 is 1.47 bits per heavy atom. The van der Waals surface area contributed by atoms with Crippen molar-refractivity contribution in [3.63, 3.8) is 0 Å². The minimum Gasteiger partial charge on any atom is -0.381 e. The smallest absolute Gasteiger partial charge is 0.0566 e. The van der Waals surface area contributed by atoms with E-state index in [1.807, 2.05) is 0 Å². The van der Waals surface area contributed by atoms with Crippen molar-refractivity contribution in [3.05, 3.63) is 0 Å². The molecule has 0 aliphatic carbocycles. The van der Waals surface area contributed by atoms with Crippen molar-refractivity contribution in [1.82, 2.24) is 0 Å². The molecule has 0 unspecified atom stereocenters. The van der Waals surface area contributed by atoms with Crippen LogP contribution in [0.3, 0.4) is 0 Å². The maximum Gasteiger partial charge on any atom is 0.0566 e. The molecule has 19 heavy (non-hydrogen) atoms. The van der Waals surface area contributed by atoms with Gasteiger partial charge in [-0.3, -0.25) is 0 Å². The van der Waals surface area contributed by atoms with Crippen molar-refractivity contribution in [1.29, 1.82) is 0 Å². The molecule has 112 valence electrons. The third-order valence-corrected chi connectivity index (χ3v) is 4.53. The molecule has 0 aromatic rings. The predicted molar refractivity (Wildman–Crippen MR) is 73.3 cm³/mol. The van der Waals surface area contributed by atoms with E-state index in [-0.39, 0.29) is 0 Å². The molecule has 0 aromatic heterocycles. The minimum absolute atomic E-state index is 0.302. The summed E-state index contributed by atoms with van der Waals surface area (Å²) in [4.78, 5) is 0. The van der Waals surface area contributed by atoms with Gasteiger partial charge in [-0.05, 0) is 19.3 Å². The first-order valence-electron chi connectivity index (χ1n) is 7.55. The summed E-state index contributed by atoms with van der Waals surface area (Å²) in [5.41, 5.74) is 0.604. The summed E-state index contributed by atoms with van der Waals surface area (Å²) in [7, 11) is 0. The molecular weight excluding hydrogens is 244 g/mol. The van der Waals surface area contributed by atoms with Crippen molar-refractivity contribution >= 4 is 0 Å². The topological polar surface area (TPSA) is 36.9 Å². The van der Waals surface area contributed by atoms with E-state index in [0.29, 0.717) is 10.8 Å². The Morgan fingerprint density at radius 2 is 1.21 bits per heavy atom. The second-order valence-electron chi connectivity index (χ2n) is 6.15. The van der Waals surface area contributed by atoms with Crippen LogP contribution in [0.1, 0.15) is 33.1 Å². The van der Waals surface area contributed by atoms with Crippen LogP contribution in [0.4, 0.5) is 0 Å². The lowest BCUT2D eigenvalue weighted by Crippen LogP contribution is -2.46. The van der Waals surface area contributed by atoms with Gasteiger partial charge >= 0.3 is 0 Å². The zero-order chi connectivity index (χ0) is 13.6. The molecule has 0 atom stereocenters. The molecule has 2 aliphatic heterocycles. The highest BCUT2D eigenvalue weighted by Crippen LogP contribution is 2.32. The van der Waals surface area contributed by atoms with E-state index >= 15 is 0 Å². The second-order valence-corrected chi connectivity index (χ2v) is 6.15. The molecule has 4 nitrogen and oxygen atoms in total. The van der Waals surface area contributed by atoms with Gasteiger partial charge in [0.05, 0.1) is 39.6 Å². The maximum absolute atomic E-state index is 5.75. The molecule has 2 heterocycles. The van der Waals surface area contributed by atoms with Crippen LogP contribution < -0.4 is 0 Å². The van der Waals surface area contributed by atoms with Gasteiger partial charge in [0.15, 0.2) is 0 Å². The number of hydrogen-bond donors (Lipinski definition) is 0. The first kappa shape index (κ1) is 15.2. The quantitative estimate of drug-likeness (QED) is 0.572. The summed E-state index contributed by atoms with van der Waals surface area (Å²) in [5.74, 6) is 0. The Bertz CT molecular complexity index is 222. The minimum atomic E-state index is 0.302. The van der Waals surface area contributed by atoms with Crippen LogP contribution in [0.2, 0.25) is 0 Å². The zero-order valence-electron chi connectivity index (χ0n) is 12.4. The molecular formula is C15H28O4. The molecule has 0 bridgehead atoms. The van der Waals surface area contributed by atoms with Crippen molar-refractivity contribution in [2.45, 2.75) is 33.1 Å². The summed E-state index contributed by atoms with van der Waals surface area (Å²) in [6.07, 6.45) is 3.26.